The Labute approximate surface area is 175 Å². The van der Waals surface area contributed by atoms with Crippen LogP contribution in [0.2, 0.25) is 0 Å². The van der Waals surface area contributed by atoms with Gasteiger partial charge in [-0.3, -0.25) is 9.89 Å². The Morgan fingerprint density at radius 3 is 2.79 bits per heavy atom. The standard InChI is InChI=1S/C22H38N4O3/c1-5-26(6-2)21(18-9-7-10-19(15-18)27-4)16-25-22(23-3)24-12-8-13-29-20-11-14-28-17-20/h7,9-10,15,20-21H,5-6,8,11-14,16-17H2,1-4H3,(H2,23,24,25). The zero-order valence-corrected chi connectivity index (χ0v) is 18.4. The number of aliphatic imine (C=N–C) groups is 1. The van der Waals surface area contributed by atoms with E-state index in [1.165, 1.54) is 5.56 Å². The van der Waals surface area contributed by atoms with Gasteiger partial charge in [-0.1, -0.05) is 26.0 Å². The van der Waals surface area contributed by atoms with Gasteiger partial charge in [-0.15, -0.1) is 0 Å². The van der Waals surface area contributed by atoms with Gasteiger partial charge in [0.15, 0.2) is 5.96 Å². The molecule has 2 rings (SSSR count). The Kier molecular flexibility index (Phi) is 10.8. The van der Waals surface area contributed by atoms with Crippen LogP contribution in [0, 0.1) is 0 Å². The maximum Gasteiger partial charge on any atom is 0.191 e. The molecular formula is C22H38N4O3. The highest BCUT2D eigenvalue weighted by atomic mass is 16.5. The van der Waals surface area contributed by atoms with Crippen molar-refractivity contribution in [1.29, 1.82) is 0 Å². The molecule has 0 amide bonds. The first-order valence-corrected chi connectivity index (χ1v) is 10.7. The third-order valence-electron chi connectivity index (χ3n) is 5.27. The third-order valence-corrected chi connectivity index (χ3v) is 5.27. The van der Waals surface area contributed by atoms with Crippen molar-refractivity contribution in [2.75, 3.05) is 60.2 Å². The monoisotopic (exact) mass is 406 g/mol. The van der Waals surface area contributed by atoms with Crippen LogP contribution in [0.5, 0.6) is 5.75 Å². The van der Waals surface area contributed by atoms with Crippen LogP contribution in [0.3, 0.4) is 0 Å². The molecule has 7 heteroatoms. The highest BCUT2D eigenvalue weighted by molar-refractivity contribution is 5.79. The number of hydrogen-bond acceptors (Lipinski definition) is 5. The smallest absolute Gasteiger partial charge is 0.191 e. The molecule has 1 fully saturated rings. The van der Waals surface area contributed by atoms with E-state index in [0.29, 0.717) is 0 Å². The maximum atomic E-state index is 5.81. The van der Waals surface area contributed by atoms with Crippen LogP contribution in [0.25, 0.3) is 0 Å². The van der Waals surface area contributed by atoms with Gasteiger partial charge in [-0.05, 0) is 43.6 Å². The van der Waals surface area contributed by atoms with Crippen molar-refractivity contribution in [3.8, 4) is 5.75 Å². The molecule has 29 heavy (non-hydrogen) atoms. The van der Waals surface area contributed by atoms with Crippen LogP contribution in [0.15, 0.2) is 29.3 Å². The van der Waals surface area contributed by atoms with E-state index in [9.17, 15) is 0 Å². The normalized spacial score (nSPS) is 18.1. The number of nitrogens with zero attached hydrogens (tertiary/aromatic N) is 2. The van der Waals surface area contributed by atoms with Crippen molar-refractivity contribution in [2.24, 2.45) is 4.99 Å². The lowest BCUT2D eigenvalue weighted by atomic mass is 10.0. The van der Waals surface area contributed by atoms with E-state index in [2.05, 4.69) is 46.5 Å². The Morgan fingerprint density at radius 1 is 1.31 bits per heavy atom. The minimum Gasteiger partial charge on any atom is -0.497 e. The number of benzene rings is 1. The summed E-state index contributed by atoms with van der Waals surface area (Å²) >= 11 is 0. The summed E-state index contributed by atoms with van der Waals surface area (Å²) in [6, 6.07) is 8.55. The van der Waals surface area contributed by atoms with Crippen molar-refractivity contribution in [3.63, 3.8) is 0 Å². The molecule has 0 saturated carbocycles. The molecule has 0 radical (unpaired) electrons. The molecule has 0 spiro atoms. The van der Waals surface area contributed by atoms with E-state index in [1.807, 2.05) is 12.1 Å². The number of hydrogen-bond donors (Lipinski definition) is 2. The van der Waals surface area contributed by atoms with Gasteiger partial charge < -0.3 is 24.8 Å². The number of methoxy groups -OCH3 is 1. The molecular weight excluding hydrogens is 368 g/mol. The summed E-state index contributed by atoms with van der Waals surface area (Å²) in [7, 11) is 3.51. The van der Waals surface area contributed by atoms with E-state index in [-0.39, 0.29) is 12.1 Å². The topological polar surface area (TPSA) is 67.4 Å². The van der Waals surface area contributed by atoms with E-state index < -0.39 is 0 Å². The van der Waals surface area contributed by atoms with Gasteiger partial charge >= 0.3 is 0 Å². The molecule has 1 aliphatic heterocycles. The lowest BCUT2D eigenvalue weighted by Gasteiger charge is -2.31. The third kappa shape index (κ3) is 7.84. The predicted octanol–water partition coefficient (Wildman–Crippen LogP) is 2.44. The molecule has 1 saturated heterocycles. The lowest BCUT2D eigenvalue weighted by molar-refractivity contribution is 0.0420. The molecule has 0 bridgehead atoms. The van der Waals surface area contributed by atoms with Gasteiger partial charge in [0.1, 0.15) is 5.75 Å². The number of likely N-dealkylation sites (N-methyl/N-ethyl adjacent to an activating group) is 1. The Balaban J connectivity index is 1.83. The largest absolute Gasteiger partial charge is 0.497 e. The summed E-state index contributed by atoms with van der Waals surface area (Å²) in [6.45, 7) is 10.2. The quantitative estimate of drug-likeness (QED) is 0.316. The minimum atomic E-state index is 0.240. The summed E-state index contributed by atoms with van der Waals surface area (Å²) in [4.78, 5) is 6.80. The fourth-order valence-electron chi connectivity index (χ4n) is 3.56. The number of nitrogens with one attached hydrogen (secondary N) is 2. The maximum absolute atomic E-state index is 5.81. The highest BCUT2D eigenvalue weighted by Gasteiger charge is 2.19. The van der Waals surface area contributed by atoms with E-state index in [4.69, 9.17) is 14.2 Å². The number of ether oxygens (including phenoxy) is 3. The number of guanidine groups is 1. The van der Waals surface area contributed by atoms with E-state index in [1.54, 1.807) is 14.2 Å². The fraction of sp³-hybridized carbons (Fsp3) is 0.682. The first-order valence-electron chi connectivity index (χ1n) is 10.7. The Morgan fingerprint density at radius 2 is 2.14 bits per heavy atom. The SMILES string of the molecule is CCN(CC)C(CNC(=NC)NCCCOC1CCOC1)c1cccc(OC)c1. The highest BCUT2D eigenvalue weighted by Crippen LogP contribution is 2.23. The molecule has 164 valence electrons. The number of rotatable bonds is 12. The molecule has 1 heterocycles. The molecule has 1 aliphatic rings. The average molecular weight is 407 g/mol. The van der Waals surface area contributed by atoms with Crippen LogP contribution in [0.1, 0.15) is 38.3 Å². The van der Waals surface area contributed by atoms with Gasteiger partial charge in [0, 0.05) is 33.4 Å². The minimum absolute atomic E-state index is 0.240. The summed E-state index contributed by atoms with van der Waals surface area (Å²) in [5, 5.41) is 6.87. The van der Waals surface area contributed by atoms with Crippen molar-refractivity contribution >= 4 is 5.96 Å². The van der Waals surface area contributed by atoms with Crippen molar-refractivity contribution in [1.82, 2.24) is 15.5 Å². The zero-order valence-electron chi connectivity index (χ0n) is 18.4. The predicted molar refractivity (Wildman–Crippen MR) is 118 cm³/mol. The van der Waals surface area contributed by atoms with Crippen LogP contribution < -0.4 is 15.4 Å². The molecule has 0 aliphatic carbocycles. The van der Waals surface area contributed by atoms with Crippen molar-refractivity contribution in [2.45, 2.75) is 38.8 Å². The summed E-state index contributed by atoms with van der Waals surface area (Å²) < 4.78 is 16.6. The second kappa shape index (κ2) is 13.4. The van der Waals surface area contributed by atoms with Crippen molar-refractivity contribution in [3.05, 3.63) is 29.8 Å². The summed E-state index contributed by atoms with van der Waals surface area (Å²) in [5.41, 5.74) is 1.24. The molecule has 2 unspecified atom stereocenters. The second-order valence-corrected chi connectivity index (χ2v) is 7.10. The lowest BCUT2D eigenvalue weighted by Crippen LogP contribution is -2.43. The Hall–Kier alpha value is -1.83. The second-order valence-electron chi connectivity index (χ2n) is 7.10. The van der Waals surface area contributed by atoms with Crippen LogP contribution >= 0.6 is 0 Å². The first-order chi connectivity index (χ1) is 14.2. The van der Waals surface area contributed by atoms with Gasteiger partial charge in [-0.2, -0.15) is 0 Å². The summed E-state index contributed by atoms with van der Waals surface area (Å²) in [5.74, 6) is 1.70. The zero-order chi connectivity index (χ0) is 20.9. The molecule has 2 N–H and O–H groups in total. The molecule has 1 aromatic rings. The molecule has 2 atom stereocenters. The van der Waals surface area contributed by atoms with Gasteiger partial charge in [0.25, 0.3) is 0 Å². The van der Waals surface area contributed by atoms with Crippen molar-refractivity contribution < 1.29 is 14.2 Å². The summed E-state index contributed by atoms with van der Waals surface area (Å²) in [6.07, 6.45) is 2.21. The van der Waals surface area contributed by atoms with Crippen LogP contribution in [-0.2, 0) is 9.47 Å². The first kappa shape index (κ1) is 23.4. The fourth-order valence-corrected chi connectivity index (χ4v) is 3.56. The van der Waals surface area contributed by atoms with Gasteiger partial charge in [-0.25, -0.2) is 0 Å². The molecule has 7 nitrogen and oxygen atoms in total. The van der Waals surface area contributed by atoms with Crippen LogP contribution in [0.4, 0.5) is 0 Å². The van der Waals surface area contributed by atoms with E-state index in [0.717, 1.165) is 70.6 Å². The average Bonchev–Trinajstić information content (AvgIpc) is 3.28. The Bertz CT molecular complexity index is 601. The van der Waals surface area contributed by atoms with Gasteiger partial charge in [0.2, 0.25) is 0 Å². The van der Waals surface area contributed by atoms with E-state index >= 15 is 0 Å². The molecule has 0 aromatic heterocycles. The molecule has 1 aromatic carbocycles. The van der Waals surface area contributed by atoms with Gasteiger partial charge in [0.05, 0.1) is 25.9 Å². The van der Waals surface area contributed by atoms with Crippen LogP contribution in [-0.4, -0.2) is 77.1 Å².